The molecule has 0 unspecified atom stereocenters. The highest BCUT2D eigenvalue weighted by molar-refractivity contribution is 5.19. The fourth-order valence-corrected chi connectivity index (χ4v) is 2.58. The average molecular weight is 249 g/mol. The third-order valence-electron chi connectivity index (χ3n) is 3.74. The second kappa shape index (κ2) is 6.95. The Hall–Kier alpha value is -0.800. The molecule has 0 atom stereocenters. The highest BCUT2D eigenvalue weighted by Crippen LogP contribution is 2.20. The van der Waals surface area contributed by atoms with Crippen molar-refractivity contribution in [2.75, 3.05) is 13.1 Å². The van der Waals surface area contributed by atoms with Gasteiger partial charge >= 0.3 is 0 Å². The van der Waals surface area contributed by atoms with E-state index in [1.165, 1.54) is 43.6 Å². The number of fused-ring (bicyclic) bond motifs is 2. The van der Waals surface area contributed by atoms with Crippen molar-refractivity contribution in [2.45, 2.75) is 59.3 Å². The molecule has 0 amide bonds. The van der Waals surface area contributed by atoms with E-state index >= 15 is 0 Å². The van der Waals surface area contributed by atoms with E-state index in [2.05, 4.69) is 40.8 Å². The molecule has 102 valence electrons. The monoisotopic (exact) mass is 249 g/mol. The maximum atomic E-state index is 3.54. The Balaban J connectivity index is 1.84. The van der Waals surface area contributed by atoms with E-state index in [0.29, 0.717) is 0 Å². The summed E-state index contributed by atoms with van der Waals surface area (Å²) >= 11 is 0. The first-order chi connectivity index (χ1) is 8.85. The fraction of sp³-hybridized carbons (Fsp3) is 0.733. The van der Waals surface area contributed by atoms with Crippen LogP contribution in [0.2, 0.25) is 0 Å². The average Bonchev–Trinajstić information content (AvgIpc) is 2.62. The van der Waals surface area contributed by atoms with E-state index in [1.54, 1.807) is 0 Å². The molecule has 0 radical (unpaired) electrons. The van der Waals surface area contributed by atoms with Crippen molar-refractivity contribution in [3.63, 3.8) is 0 Å². The first kappa shape index (κ1) is 13.6. The number of unbranched alkanes of at least 4 members (excludes halogenated alkanes) is 2. The summed E-state index contributed by atoms with van der Waals surface area (Å²) in [5.74, 6) is 0. The molecule has 3 nitrogen and oxygen atoms in total. The van der Waals surface area contributed by atoms with Gasteiger partial charge in [-0.05, 0) is 38.1 Å². The number of aromatic nitrogens is 1. The van der Waals surface area contributed by atoms with Crippen LogP contribution in [-0.2, 0) is 19.8 Å². The van der Waals surface area contributed by atoms with Gasteiger partial charge in [0.2, 0.25) is 0 Å². The van der Waals surface area contributed by atoms with Crippen LogP contribution in [0.3, 0.4) is 0 Å². The summed E-state index contributed by atoms with van der Waals surface area (Å²) in [5.41, 5.74) is 2.94. The van der Waals surface area contributed by atoms with Gasteiger partial charge in [0.25, 0.3) is 0 Å². The Morgan fingerprint density at radius 1 is 1.06 bits per heavy atom. The van der Waals surface area contributed by atoms with E-state index in [1.807, 2.05) is 0 Å². The summed E-state index contributed by atoms with van der Waals surface area (Å²) in [5, 5.41) is 3.54. The molecule has 0 aromatic carbocycles. The van der Waals surface area contributed by atoms with Gasteiger partial charge in [0.1, 0.15) is 0 Å². The van der Waals surface area contributed by atoms with Gasteiger partial charge in [0.05, 0.1) is 6.67 Å². The summed E-state index contributed by atoms with van der Waals surface area (Å²) in [6.07, 6.45) is 5.14. The van der Waals surface area contributed by atoms with E-state index in [9.17, 15) is 0 Å². The smallest absolute Gasteiger partial charge is 0.0726 e. The molecule has 3 heteroatoms. The molecule has 2 bridgehead atoms. The Kier molecular flexibility index (Phi) is 5.26. The second-order valence-corrected chi connectivity index (χ2v) is 5.32. The molecule has 2 rings (SSSR count). The Morgan fingerprint density at radius 2 is 1.72 bits per heavy atom. The molecule has 1 aliphatic heterocycles. The summed E-state index contributed by atoms with van der Waals surface area (Å²) in [6, 6.07) is 4.59. The summed E-state index contributed by atoms with van der Waals surface area (Å²) in [4.78, 5) is 2.57. The standard InChI is InChI=1S/C15H27N3/c1-3-5-9-16-13-18-14-7-8-15(18)12-17(11-14)10-6-4-2/h7-8,16H,3-6,9-13H2,1-2H3. The third-order valence-corrected chi connectivity index (χ3v) is 3.74. The summed E-state index contributed by atoms with van der Waals surface area (Å²) in [6.45, 7) is 10.1. The van der Waals surface area contributed by atoms with Crippen LogP contribution in [0.15, 0.2) is 12.1 Å². The molecular weight excluding hydrogens is 222 g/mol. The summed E-state index contributed by atoms with van der Waals surface area (Å²) in [7, 11) is 0. The lowest BCUT2D eigenvalue weighted by atomic mass is 10.2. The van der Waals surface area contributed by atoms with Crippen LogP contribution in [0.5, 0.6) is 0 Å². The molecular formula is C15H27N3. The quantitative estimate of drug-likeness (QED) is 0.715. The minimum Gasteiger partial charge on any atom is -0.333 e. The molecule has 1 aromatic heterocycles. The minimum atomic E-state index is 0.985. The Morgan fingerprint density at radius 3 is 2.33 bits per heavy atom. The molecule has 0 saturated heterocycles. The van der Waals surface area contributed by atoms with Gasteiger partial charge in [0.15, 0.2) is 0 Å². The highest BCUT2D eigenvalue weighted by Gasteiger charge is 2.19. The molecule has 18 heavy (non-hydrogen) atoms. The van der Waals surface area contributed by atoms with Gasteiger partial charge in [-0.1, -0.05) is 26.7 Å². The predicted molar refractivity (Wildman–Crippen MR) is 76.4 cm³/mol. The zero-order valence-corrected chi connectivity index (χ0v) is 11.9. The van der Waals surface area contributed by atoms with Crippen molar-refractivity contribution in [1.82, 2.24) is 14.8 Å². The van der Waals surface area contributed by atoms with Crippen LogP contribution in [-0.4, -0.2) is 22.6 Å². The lowest BCUT2D eigenvalue weighted by molar-refractivity contribution is 0.220. The molecule has 1 aromatic rings. The maximum Gasteiger partial charge on any atom is 0.0726 e. The summed E-state index contributed by atoms with van der Waals surface area (Å²) < 4.78 is 2.46. The first-order valence-corrected chi connectivity index (χ1v) is 7.45. The molecule has 1 aliphatic rings. The van der Waals surface area contributed by atoms with Crippen molar-refractivity contribution in [1.29, 1.82) is 0 Å². The lowest BCUT2D eigenvalue weighted by Crippen LogP contribution is -2.33. The van der Waals surface area contributed by atoms with Gasteiger partial charge in [-0.3, -0.25) is 10.2 Å². The topological polar surface area (TPSA) is 20.2 Å². The van der Waals surface area contributed by atoms with Crippen LogP contribution >= 0.6 is 0 Å². The molecule has 0 spiro atoms. The molecule has 1 N–H and O–H groups in total. The van der Waals surface area contributed by atoms with Crippen molar-refractivity contribution in [2.24, 2.45) is 0 Å². The highest BCUT2D eigenvalue weighted by atomic mass is 15.2. The number of nitrogens with one attached hydrogen (secondary N) is 1. The van der Waals surface area contributed by atoms with Crippen LogP contribution in [0.4, 0.5) is 0 Å². The molecule has 0 aliphatic carbocycles. The van der Waals surface area contributed by atoms with Crippen molar-refractivity contribution in [3.8, 4) is 0 Å². The van der Waals surface area contributed by atoms with Crippen LogP contribution in [0, 0.1) is 0 Å². The zero-order chi connectivity index (χ0) is 12.8. The third kappa shape index (κ3) is 3.36. The van der Waals surface area contributed by atoms with Gasteiger partial charge in [-0.2, -0.15) is 0 Å². The van der Waals surface area contributed by atoms with Gasteiger partial charge < -0.3 is 4.57 Å². The second-order valence-electron chi connectivity index (χ2n) is 5.32. The predicted octanol–water partition coefficient (Wildman–Crippen LogP) is 2.95. The first-order valence-electron chi connectivity index (χ1n) is 7.45. The van der Waals surface area contributed by atoms with Crippen LogP contribution in [0.1, 0.15) is 50.9 Å². The maximum absolute atomic E-state index is 3.54. The van der Waals surface area contributed by atoms with E-state index in [-0.39, 0.29) is 0 Å². The van der Waals surface area contributed by atoms with Gasteiger partial charge in [0, 0.05) is 24.5 Å². The van der Waals surface area contributed by atoms with E-state index in [0.717, 1.165) is 26.3 Å². The van der Waals surface area contributed by atoms with Gasteiger partial charge in [-0.15, -0.1) is 0 Å². The number of nitrogens with zero attached hydrogens (tertiary/aromatic N) is 2. The van der Waals surface area contributed by atoms with E-state index in [4.69, 9.17) is 0 Å². The van der Waals surface area contributed by atoms with Crippen molar-refractivity contribution >= 4 is 0 Å². The molecule has 0 fully saturated rings. The zero-order valence-electron chi connectivity index (χ0n) is 11.9. The van der Waals surface area contributed by atoms with Crippen LogP contribution in [0.25, 0.3) is 0 Å². The van der Waals surface area contributed by atoms with Crippen LogP contribution < -0.4 is 5.32 Å². The largest absolute Gasteiger partial charge is 0.333 e. The number of hydrogen-bond acceptors (Lipinski definition) is 2. The minimum absolute atomic E-state index is 0.985. The number of hydrogen-bond donors (Lipinski definition) is 1. The fourth-order valence-electron chi connectivity index (χ4n) is 2.58. The lowest BCUT2D eigenvalue weighted by Gasteiger charge is -2.29. The Labute approximate surface area is 111 Å². The number of rotatable bonds is 8. The SMILES string of the molecule is CCCCNCn1c2ccc1CN(CCCC)C2. The normalized spacial score (nSPS) is 15.2. The van der Waals surface area contributed by atoms with Gasteiger partial charge in [-0.25, -0.2) is 0 Å². The van der Waals surface area contributed by atoms with E-state index < -0.39 is 0 Å². The molecule has 2 heterocycles. The van der Waals surface area contributed by atoms with Crippen molar-refractivity contribution < 1.29 is 0 Å². The van der Waals surface area contributed by atoms with Crippen molar-refractivity contribution in [3.05, 3.63) is 23.5 Å². The Bertz CT molecular complexity index is 333. The molecule has 0 saturated carbocycles.